The average Bonchev–Trinajstić information content (AvgIpc) is 1.93. The zero-order valence-electron chi connectivity index (χ0n) is 7.97. The number of pyridine rings is 1. The molecule has 0 saturated carbocycles. The standard InChI is InChI=1S/C9H13FN2S/c1-9(2,3)13-8-7(11)4-6(10)5-12-8/h4-5H,11H2,1-3H3. The first-order valence-electron chi connectivity index (χ1n) is 3.98. The van der Waals surface area contributed by atoms with Gasteiger partial charge >= 0.3 is 0 Å². The molecule has 72 valence electrons. The molecule has 0 aromatic carbocycles. The Labute approximate surface area is 81.7 Å². The van der Waals surface area contributed by atoms with Crippen molar-refractivity contribution in [2.24, 2.45) is 0 Å². The van der Waals surface area contributed by atoms with Crippen molar-refractivity contribution in [3.8, 4) is 0 Å². The van der Waals surface area contributed by atoms with Gasteiger partial charge in [0, 0.05) is 10.8 Å². The van der Waals surface area contributed by atoms with Crippen LogP contribution in [0.5, 0.6) is 0 Å². The summed E-state index contributed by atoms with van der Waals surface area (Å²) in [5.41, 5.74) is 6.01. The first-order valence-corrected chi connectivity index (χ1v) is 4.80. The molecule has 0 unspecified atom stereocenters. The highest BCUT2D eigenvalue weighted by Gasteiger charge is 2.15. The third-order valence-electron chi connectivity index (χ3n) is 1.25. The zero-order valence-corrected chi connectivity index (χ0v) is 8.78. The first kappa shape index (κ1) is 10.3. The second kappa shape index (κ2) is 3.54. The Hall–Kier alpha value is -0.770. The molecule has 0 fully saturated rings. The number of hydrogen-bond donors (Lipinski definition) is 1. The van der Waals surface area contributed by atoms with Gasteiger partial charge in [0.25, 0.3) is 0 Å². The van der Waals surface area contributed by atoms with Crippen molar-refractivity contribution >= 4 is 17.4 Å². The van der Waals surface area contributed by atoms with Gasteiger partial charge < -0.3 is 5.73 Å². The van der Waals surface area contributed by atoms with Crippen LogP contribution in [-0.4, -0.2) is 9.73 Å². The smallest absolute Gasteiger partial charge is 0.143 e. The molecule has 13 heavy (non-hydrogen) atoms. The van der Waals surface area contributed by atoms with E-state index in [0.29, 0.717) is 10.7 Å². The highest BCUT2D eigenvalue weighted by Crippen LogP contribution is 2.33. The Bertz CT molecular complexity index is 307. The monoisotopic (exact) mass is 200 g/mol. The van der Waals surface area contributed by atoms with Crippen molar-refractivity contribution < 1.29 is 4.39 Å². The van der Waals surface area contributed by atoms with E-state index in [1.54, 1.807) is 0 Å². The van der Waals surface area contributed by atoms with E-state index in [2.05, 4.69) is 25.8 Å². The summed E-state index contributed by atoms with van der Waals surface area (Å²) in [5, 5.41) is 0.689. The van der Waals surface area contributed by atoms with E-state index in [1.165, 1.54) is 24.0 Å². The Morgan fingerprint density at radius 1 is 1.46 bits per heavy atom. The molecule has 0 aliphatic carbocycles. The van der Waals surface area contributed by atoms with Gasteiger partial charge in [0.1, 0.15) is 10.8 Å². The van der Waals surface area contributed by atoms with Crippen LogP contribution in [0.15, 0.2) is 17.3 Å². The topological polar surface area (TPSA) is 38.9 Å². The first-order chi connectivity index (χ1) is 5.88. The number of rotatable bonds is 1. The maximum atomic E-state index is 12.6. The van der Waals surface area contributed by atoms with Gasteiger partial charge in [-0.25, -0.2) is 9.37 Å². The normalized spacial score (nSPS) is 11.7. The molecule has 2 nitrogen and oxygen atoms in total. The largest absolute Gasteiger partial charge is 0.396 e. The summed E-state index contributed by atoms with van der Waals surface area (Å²) in [5.74, 6) is -0.393. The number of nitrogen functional groups attached to an aromatic ring is 1. The van der Waals surface area contributed by atoms with Crippen molar-refractivity contribution in [2.75, 3.05) is 5.73 Å². The van der Waals surface area contributed by atoms with Crippen LogP contribution < -0.4 is 5.73 Å². The van der Waals surface area contributed by atoms with E-state index in [9.17, 15) is 4.39 Å². The lowest BCUT2D eigenvalue weighted by Crippen LogP contribution is -2.08. The lowest BCUT2D eigenvalue weighted by molar-refractivity contribution is 0.619. The number of halogens is 1. The number of nitrogens with two attached hydrogens (primary N) is 1. The predicted molar refractivity (Wildman–Crippen MR) is 54.2 cm³/mol. The molecule has 0 spiro atoms. The van der Waals surface area contributed by atoms with E-state index in [1.807, 2.05) is 0 Å². The Morgan fingerprint density at radius 2 is 2.08 bits per heavy atom. The van der Waals surface area contributed by atoms with Crippen LogP contribution in [0.25, 0.3) is 0 Å². The molecule has 0 bridgehead atoms. The van der Waals surface area contributed by atoms with Gasteiger partial charge in [-0.1, -0.05) is 32.5 Å². The number of anilines is 1. The van der Waals surface area contributed by atoms with Crippen LogP contribution in [0, 0.1) is 5.82 Å². The molecule has 0 saturated heterocycles. The van der Waals surface area contributed by atoms with Crippen LogP contribution in [-0.2, 0) is 0 Å². The molecule has 1 aromatic heterocycles. The SMILES string of the molecule is CC(C)(C)Sc1ncc(F)cc1N. The van der Waals surface area contributed by atoms with Crippen LogP contribution >= 0.6 is 11.8 Å². The predicted octanol–water partition coefficient (Wildman–Crippen LogP) is 2.69. The van der Waals surface area contributed by atoms with Crippen LogP contribution in [0.1, 0.15) is 20.8 Å². The number of thioether (sulfide) groups is 1. The van der Waals surface area contributed by atoms with Crippen molar-refractivity contribution in [3.63, 3.8) is 0 Å². The molecule has 1 aromatic rings. The molecule has 0 radical (unpaired) electrons. The molecular formula is C9H13FN2S. The van der Waals surface area contributed by atoms with Gasteiger partial charge in [0.2, 0.25) is 0 Å². The Morgan fingerprint density at radius 3 is 2.54 bits per heavy atom. The number of nitrogens with zero attached hydrogens (tertiary/aromatic N) is 1. The van der Waals surface area contributed by atoms with E-state index < -0.39 is 5.82 Å². The minimum absolute atomic E-state index is 0.0406. The summed E-state index contributed by atoms with van der Waals surface area (Å²) in [7, 11) is 0. The summed E-state index contributed by atoms with van der Waals surface area (Å²) in [4.78, 5) is 3.93. The molecule has 0 atom stereocenters. The molecular weight excluding hydrogens is 187 g/mol. The third kappa shape index (κ3) is 3.22. The highest BCUT2D eigenvalue weighted by atomic mass is 32.2. The third-order valence-corrected chi connectivity index (χ3v) is 2.40. The molecule has 1 rings (SSSR count). The van der Waals surface area contributed by atoms with Crippen molar-refractivity contribution in [1.29, 1.82) is 0 Å². The fourth-order valence-electron chi connectivity index (χ4n) is 0.818. The Balaban J connectivity index is 2.90. The summed E-state index contributed by atoms with van der Waals surface area (Å²) in [6.07, 6.45) is 1.18. The lowest BCUT2D eigenvalue weighted by atomic mass is 10.3. The molecule has 0 aliphatic rings. The maximum absolute atomic E-state index is 12.6. The van der Waals surface area contributed by atoms with Gasteiger partial charge in [-0.15, -0.1) is 0 Å². The fourth-order valence-corrected chi connectivity index (χ4v) is 1.68. The fraction of sp³-hybridized carbons (Fsp3) is 0.444. The van der Waals surface area contributed by atoms with E-state index in [-0.39, 0.29) is 4.75 Å². The minimum Gasteiger partial charge on any atom is -0.396 e. The minimum atomic E-state index is -0.393. The lowest BCUT2D eigenvalue weighted by Gasteiger charge is -2.17. The second-order valence-electron chi connectivity index (χ2n) is 3.76. The molecule has 0 amide bonds. The number of aromatic nitrogens is 1. The highest BCUT2D eigenvalue weighted by molar-refractivity contribution is 8.00. The van der Waals surface area contributed by atoms with E-state index in [0.717, 1.165) is 0 Å². The molecule has 1 heterocycles. The van der Waals surface area contributed by atoms with Crippen molar-refractivity contribution in [2.45, 2.75) is 30.5 Å². The van der Waals surface area contributed by atoms with Gasteiger partial charge in [-0.05, 0) is 0 Å². The molecule has 0 aliphatic heterocycles. The van der Waals surface area contributed by atoms with Gasteiger partial charge in [-0.2, -0.15) is 0 Å². The molecule has 2 N–H and O–H groups in total. The summed E-state index contributed by atoms with van der Waals surface area (Å²) in [6, 6.07) is 1.29. The Kier molecular flexibility index (Phi) is 2.81. The van der Waals surface area contributed by atoms with Crippen LogP contribution in [0.4, 0.5) is 10.1 Å². The molecule has 4 heteroatoms. The van der Waals surface area contributed by atoms with Gasteiger partial charge in [0.15, 0.2) is 0 Å². The summed E-state index contributed by atoms with van der Waals surface area (Å²) >= 11 is 1.53. The maximum Gasteiger partial charge on any atom is 0.143 e. The van der Waals surface area contributed by atoms with E-state index in [4.69, 9.17) is 5.73 Å². The van der Waals surface area contributed by atoms with Crippen LogP contribution in [0.3, 0.4) is 0 Å². The van der Waals surface area contributed by atoms with Crippen molar-refractivity contribution in [3.05, 3.63) is 18.1 Å². The quantitative estimate of drug-likeness (QED) is 0.708. The second-order valence-corrected chi connectivity index (χ2v) is 5.58. The van der Waals surface area contributed by atoms with E-state index >= 15 is 0 Å². The summed E-state index contributed by atoms with van der Waals surface area (Å²) < 4.78 is 12.7. The van der Waals surface area contributed by atoms with Crippen LogP contribution in [0.2, 0.25) is 0 Å². The number of hydrogen-bond acceptors (Lipinski definition) is 3. The zero-order chi connectivity index (χ0) is 10.1. The summed E-state index contributed by atoms with van der Waals surface area (Å²) in [6.45, 7) is 6.17. The van der Waals surface area contributed by atoms with Crippen molar-refractivity contribution in [1.82, 2.24) is 4.98 Å². The average molecular weight is 200 g/mol. The van der Waals surface area contributed by atoms with Gasteiger partial charge in [-0.3, -0.25) is 0 Å². The van der Waals surface area contributed by atoms with Gasteiger partial charge in [0.05, 0.1) is 11.9 Å².